The third-order valence-corrected chi connectivity index (χ3v) is 7.04. The highest BCUT2D eigenvalue weighted by molar-refractivity contribution is 7.98. The van der Waals surface area contributed by atoms with E-state index >= 15 is 0 Å². The monoisotopic (exact) mass is 448 g/mol. The quantitative estimate of drug-likeness (QED) is 0.548. The van der Waals surface area contributed by atoms with Gasteiger partial charge >= 0.3 is 0 Å². The summed E-state index contributed by atoms with van der Waals surface area (Å²) in [4.78, 5) is 16.5. The summed E-state index contributed by atoms with van der Waals surface area (Å²) in [5.41, 5.74) is 5.86. The van der Waals surface area contributed by atoms with Gasteiger partial charge in [0, 0.05) is 47.1 Å². The fourth-order valence-electron chi connectivity index (χ4n) is 4.21. The number of aromatic nitrogens is 2. The SMILES string of the molecule is CCCCNc1ccc2c(c1)SCc1c(C(=O)N3CCOCC3)nn(-c3ccccc3)c1-2. The summed E-state index contributed by atoms with van der Waals surface area (Å²) >= 11 is 1.78. The lowest BCUT2D eigenvalue weighted by atomic mass is 10.0. The highest BCUT2D eigenvalue weighted by Crippen LogP contribution is 2.45. The molecule has 3 aromatic rings. The van der Waals surface area contributed by atoms with Crippen LogP contribution in [0.4, 0.5) is 5.69 Å². The van der Waals surface area contributed by atoms with Crippen molar-refractivity contribution < 1.29 is 9.53 Å². The van der Waals surface area contributed by atoms with Crippen LogP contribution in [0.2, 0.25) is 0 Å². The number of carbonyl (C=O) groups excluding carboxylic acids is 1. The summed E-state index contributed by atoms with van der Waals surface area (Å²) in [6, 6.07) is 16.6. The van der Waals surface area contributed by atoms with E-state index in [2.05, 4.69) is 30.4 Å². The van der Waals surface area contributed by atoms with Gasteiger partial charge in [0.05, 0.1) is 24.6 Å². The molecule has 0 spiro atoms. The highest BCUT2D eigenvalue weighted by Gasteiger charge is 2.32. The number of hydrogen-bond donors (Lipinski definition) is 1. The molecule has 2 aliphatic rings. The number of thioether (sulfide) groups is 1. The van der Waals surface area contributed by atoms with Gasteiger partial charge in [0.2, 0.25) is 0 Å². The second kappa shape index (κ2) is 9.38. The summed E-state index contributed by atoms with van der Waals surface area (Å²) in [6.45, 7) is 5.57. The molecule has 0 saturated carbocycles. The zero-order valence-electron chi connectivity index (χ0n) is 18.3. The van der Waals surface area contributed by atoms with Crippen LogP contribution >= 0.6 is 11.8 Å². The van der Waals surface area contributed by atoms with Gasteiger partial charge in [-0.3, -0.25) is 4.79 Å². The van der Waals surface area contributed by atoms with Crippen molar-refractivity contribution in [1.29, 1.82) is 0 Å². The van der Waals surface area contributed by atoms with Gasteiger partial charge < -0.3 is 15.0 Å². The van der Waals surface area contributed by atoms with Crippen molar-refractivity contribution in [2.24, 2.45) is 0 Å². The van der Waals surface area contributed by atoms with Gasteiger partial charge in [0.15, 0.2) is 5.69 Å². The molecular weight excluding hydrogens is 420 g/mol. The predicted octanol–water partition coefficient (Wildman–Crippen LogP) is 4.83. The van der Waals surface area contributed by atoms with Crippen molar-refractivity contribution in [3.05, 3.63) is 59.8 Å². The molecule has 0 bridgehead atoms. The molecule has 166 valence electrons. The second-order valence-electron chi connectivity index (χ2n) is 8.11. The molecule has 3 heterocycles. The van der Waals surface area contributed by atoms with Crippen molar-refractivity contribution in [1.82, 2.24) is 14.7 Å². The van der Waals surface area contributed by atoms with Crippen molar-refractivity contribution in [3.8, 4) is 16.9 Å². The Morgan fingerprint density at radius 1 is 1.16 bits per heavy atom. The molecule has 0 unspecified atom stereocenters. The predicted molar refractivity (Wildman–Crippen MR) is 129 cm³/mol. The van der Waals surface area contributed by atoms with Gasteiger partial charge in [0.25, 0.3) is 5.91 Å². The Kier molecular flexibility index (Phi) is 6.19. The van der Waals surface area contributed by atoms with Crippen LogP contribution in [0.3, 0.4) is 0 Å². The molecule has 1 aromatic heterocycles. The number of ether oxygens (including phenoxy) is 1. The van der Waals surface area contributed by atoms with Crippen molar-refractivity contribution in [2.45, 2.75) is 30.4 Å². The van der Waals surface area contributed by atoms with E-state index in [1.165, 1.54) is 11.3 Å². The van der Waals surface area contributed by atoms with Crippen molar-refractivity contribution >= 4 is 23.4 Å². The van der Waals surface area contributed by atoms with Crippen molar-refractivity contribution in [2.75, 3.05) is 38.2 Å². The van der Waals surface area contributed by atoms with Crippen LogP contribution in [0, 0.1) is 0 Å². The Morgan fingerprint density at radius 2 is 1.97 bits per heavy atom. The van der Waals surface area contributed by atoms with Gasteiger partial charge in [-0.2, -0.15) is 5.10 Å². The molecule has 1 saturated heterocycles. The lowest BCUT2D eigenvalue weighted by Crippen LogP contribution is -2.41. The molecule has 1 fully saturated rings. The number of nitrogens with zero attached hydrogens (tertiary/aromatic N) is 3. The first-order valence-electron chi connectivity index (χ1n) is 11.3. The van der Waals surface area contributed by atoms with Gasteiger partial charge in [0.1, 0.15) is 0 Å². The lowest BCUT2D eigenvalue weighted by Gasteiger charge is -2.26. The van der Waals surface area contributed by atoms with Crippen LogP contribution < -0.4 is 5.32 Å². The van der Waals surface area contributed by atoms with E-state index < -0.39 is 0 Å². The largest absolute Gasteiger partial charge is 0.385 e. The Labute approximate surface area is 192 Å². The Bertz CT molecular complexity index is 1110. The van der Waals surface area contributed by atoms with Crippen LogP contribution in [-0.2, 0) is 10.5 Å². The van der Waals surface area contributed by atoms with E-state index in [1.807, 2.05) is 39.9 Å². The summed E-state index contributed by atoms with van der Waals surface area (Å²) in [5.74, 6) is 0.736. The van der Waals surface area contributed by atoms with E-state index in [4.69, 9.17) is 9.84 Å². The maximum absolute atomic E-state index is 13.4. The second-order valence-corrected chi connectivity index (χ2v) is 9.12. The topological polar surface area (TPSA) is 59.4 Å². The number of anilines is 1. The first-order chi connectivity index (χ1) is 15.8. The van der Waals surface area contributed by atoms with Crippen LogP contribution in [0.15, 0.2) is 53.4 Å². The maximum atomic E-state index is 13.4. The molecular formula is C25H28N4O2S. The number of benzene rings is 2. The summed E-state index contributed by atoms with van der Waals surface area (Å²) < 4.78 is 7.39. The number of unbranched alkanes of at least 4 members (excludes halogenated alkanes) is 1. The molecule has 32 heavy (non-hydrogen) atoms. The molecule has 1 amide bonds. The fraction of sp³-hybridized carbons (Fsp3) is 0.360. The number of carbonyl (C=O) groups is 1. The van der Waals surface area contributed by atoms with Gasteiger partial charge in [-0.05, 0) is 36.8 Å². The summed E-state index contributed by atoms with van der Waals surface area (Å²) in [5, 5.41) is 8.40. The number of amides is 1. The first-order valence-corrected chi connectivity index (χ1v) is 12.3. The van der Waals surface area contributed by atoms with Gasteiger partial charge in [-0.1, -0.05) is 31.5 Å². The zero-order valence-corrected chi connectivity index (χ0v) is 19.2. The molecule has 2 aliphatic heterocycles. The van der Waals surface area contributed by atoms with E-state index in [-0.39, 0.29) is 5.91 Å². The van der Waals surface area contributed by atoms with Gasteiger partial charge in [-0.15, -0.1) is 11.8 Å². The average Bonchev–Trinajstić information content (AvgIpc) is 3.25. The first kappa shape index (κ1) is 21.1. The molecule has 5 rings (SSSR count). The number of nitrogens with one attached hydrogen (secondary N) is 1. The van der Waals surface area contributed by atoms with Crippen LogP contribution in [0.5, 0.6) is 0 Å². The van der Waals surface area contributed by atoms with E-state index in [0.717, 1.165) is 46.9 Å². The standard InChI is InChI=1S/C25H28N4O2S/c1-2-3-11-26-18-9-10-20-22(16-18)32-17-21-23(25(30)28-12-14-31-15-13-28)27-29(24(20)21)19-7-5-4-6-8-19/h4-10,16,26H,2-3,11-15,17H2,1H3. The minimum atomic E-state index is 0.00105. The maximum Gasteiger partial charge on any atom is 0.274 e. The van der Waals surface area contributed by atoms with E-state index in [1.54, 1.807) is 11.8 Å². The number of rotatable bonds is 6. The number of hydrogen-bond acceptors (Lipinski definition) is 5. The van der Waals surface area contributed by atoms with E-state index in [0.29, 0.717) is 32.0 Å². The molecule has 0 atom stereocenters. The van der Waals surface area contributed by atoms with Gasteiger partial charge in [-0.25, -0.2) is 4.68 Å². The minimum Gasteiger partial charge on any atom is -0.385 e. The molecule has 0 radical (unpaired) electrons. The highest BCUT2D eigenvalue weighted by atomic mass is 32.2. The lowest BCUT2D eigenvalue weighted by molar-refractivity contribution is 0.0298. The van der Waals surface area contributed by atoms with Crippen LogP contribution in [-0.4, -0.2) is 53.4 Å². The third-order valence-electron chi connectivity index (χ3n) is 5.95. The Morgan fingerprint density at radius 3 is 2.75 bits per heavy atom. The van der Waals surface area contributed by atoms with Crippen LogP contribution in [0.1, 0.15) is 35.8 Å². The van der Waals surface area contributed by atoms with E-state index in [9.17, 15) is 4.79 Å². The van der Waals surface area contributed by atoms with Crippen molar-refractivity contribution in [3.63, 3.8) is 0 Å². The fourth-order valence-corrected chi connectivity index (χ4v) is 5.32. The van der Waals surface area contributed by atoms with Crippen LogP contribution in [0.25, 0.3) is 16.9 Å². The summed E-state index contributed by atoms with van der Waals surface area (Å²) in [6.07, 6.45) is 2.33. The minimum absolute atomic E-state index is 0.00105. The zero-order chi connectivity index (χ0) is 21.9. The number of para-hydroxylation sites is 1. The molecule has 0 aliphatic carbocycles. The molecule has 7 heteroatoms. The smallest absolute Gasteiger partial charge is 0.274 e. The number of fused-ring (bicyclic) bond motifs is 3. The molecule has 2 aromatic carbocycles. The average molecular weight is 449 g/mol. The summed E-state index contributed by atoms with van der Waals surface area (Å²) in [7, 11) is 0. The third kappa shape index (κ3) is 4.02. The number of morpholine rings is 1. The Hall–Kier alpha value is -2.77. The Balaban J connectivity index is 1.57. The molecule has 1 N–H and O–H groups in total. The molecule has 6 nitrogen and oxygen atoms in total. The normalized spacial score (nSPS) is 15.2.